The van der Waals surface area contributed by atoms with Gasteiger partial charge in [-0.15, -0.1) is 0 Å². The summed E-state index contributed by atoms with van der Waals surface area (Å²) in [4.78, 5) is 11.5. The third-order valence-electron chi connectivity index (χ3n) is 1.97. The van der Waals surface area contributed by atoms with Gasteiger partial charge in [0.05, 0.1) is 6.26 Å². The number of hydrogen-bond acceptors (Lipinski definition) is 2. The molecular weight excluding hydrogens is 188 g/mol. The van der Waals surface area contributed by atoms with Crippen molar-refractivity contribution in [1.82, 2.24) is 0 Å². The van der Waals surface area contributed by atoms with Crippen LogP contribution in [-0.4, -0.2) is 12.4 Å². The number of ketones is 1. The first-order chi connectivity index (χ1) is 6.63. The van der Waals surface area contributed by atoms with Crippen molar-refractivity contribution in [2.24, 2.45) is 10.8 Å². The zero-order chi connectivity index (χ0) is 12.1. The van der Waals surface area contributed by atoms with Gasteiger partial charge >= 0.3 is 0 Å². The molecular formula is C13H24O2. The molecule has 0 amide bonds. The number of carbonyl (C=O) groups is 1. The van der Waals surface area contributed by atoms with Crippen molar-refractivity contribution >= 4 is 5.78 Å². The summed E-state index contributed by atoms with van der Waals surface area (Å²) in [6.45, 7) is 12.4. The maximum atomic E-state index is 11.5. The van der Waals surface area contributed by atoms with Crippen molar-refractivity contribution in [3.63, 3.8) is 0 Å². The molecule has 0 N–H and O–H groups in total. The Bertz CT molecular complexity index is 226. The maximum Gasteiger partial charge on any atom is 0.175 e. The van der Waals surface area contributed by atoms with Crippen LogP contribution in [0.15, 0.2) is 12.3 Å². The molecule has 0 bridgehead atoms. The molecule has 0 unspecified atom stereocenters. The van der Waals surface area contributed by atoms with Gasteiger partial charge < -0.3 is 4.74 Å². The van der Waals surface area contributed by atoms with E-state index in [1.165, 1.54) is 0 Å². The molecule has 0 aromatic rings. The number of hydrogen-bond donors (Lipinski definition) is 0. The molecule has 0 rings (SSSR count). The predicted molar refractivity (Wildman–Crippen MR) is 63.6 cm³/mol. The van der Waals surface area contributed by atoms with Crippen molar-refractivity contribution < 1.29 is 9.53 Å². The first-order valence-corrected chi connectivity index (χ1v) is 5.43. The van der Waals surface area contributed by atoms with E-state index in [1.54, 1.807) is 6.26 Å². The van der Waals surface area contributed by atoms with Crippen LogP contribution in [0.2, 0.25) is 0 Å². The highest BCUT2D eigenvalue weighted by Crippen LogP contribution is 2.18. The first kappa shape index (κ1) is 14.2. The number of Topliss-reactive ketones (excluding diaryl/α,β-unsaturated/α-hetero) is 1. The van der Waals surface area contributed by atoms with E-state index < -0.39 is 0 Å². The van der Waals surface area contributed by atoms with Crippen molar-refractivity contribution in [3.05, 3.63) is 12.3 Å². The molecule has 0 aliphatic carbocycles. The fourth-order valence-electron chi connectivity index (χ4n) is 0.810. The summed E-state index contributed by atoms with van der Waals surface area (Å²) < 4.78 is 5.19. The number of ether oxygens (including phenoxy) is 1. The van der Waals surface area contributed by atoms with Crippen LogP contribution >= 0.6 is 0 Å². The molecule has 15 heavy (non-hydrogen) atoms. The zero-order valence-corrected chi connectivity index (χ0v) is 10.9. The van der Waals surface area contributed by atoms with Crippen LogP contribution in [0.3, 0.4) is 0 Å². The van der Waals surface area contributed by atoms with Crippen LogP contribution in [0.25, 0.3) is 0 Å². The molecule has 0 saturated carbocycles. The average Bonchev–Trinajstić information content (AvgIpc) is 1.99. The van der Waals surface area contributed by atoms with Gasteiger partial charge in [-0.05, 0) is 17.9 Å². The normalized spacial score (nSPS) is 13.2. The summed E-state index contributed by atoms with van der Waals surface area (Å²) in [6.07, 6.45) is 4.56. The minimum atomic E-state index is -0.308. The minimum absolute atomic E-state index is 0.128. The van der Waals surface area contributed by atoms with E-state index in [4.69, 9.17) is 4.74 Å². The van der Waals surface area contributed by atoms with Gasteiger partial charge in [0, 0.05) is 5.41 Å². The van der Waals surface area contributed by atoms with E-state index >= 15 is 0 Å². The van der Waals surface area contributed by atoms with E-state index in [2.05, 4.69) is 20.8 Å². The van der Waals surface area contributed by atoms with Gasteiger partial charge in [-0.3, -0.25) is 4.79 Å². The molecule has 0 aromatic heterocycles. The second-order valence-electron chi connectivity index (χ2n) is 6.12. The lowest BCUT2D eigenvalue weighted by atomic mass is 9.91. The van der Waals surface area contributed by atoms with Crippen LogP contribution in [-0.2, 0) is 9.53 Å². The first-order valence-electron chi connectivity index (χ1n) is 5.43. The third-order valence-corrected chi connectivity index (χ3v) is 1.97. The largest absolute Gasteiger partial charge is 0.494 e. The van der Waals surface area contributed by atoms with Gasteiger partial charge in [-0.2, -0.15) is 0 Å². The summed E-state index contributed by atoms with van der Waals surface area (Å²) in [7, 11) is 0. The van der Waals surface area contributed by atoms with Crippen molar-refractivity contribution in [2.45, 2.75) is 48.0 Å². The molecule has 2 nitrogen and oxygen atoms in total. The lowest BCUT2D eigenvalue weighted by Crippen LogP contribution is -2.24. The summed E-state index contributed by atoms with van der Waals surface area (Å²) in [5, 5.41) is 0. The van der Waals surface area contributed by atoms with Gasteiger partial charge in [-0.25, -0.2) is 0 Å². The van der Waals surface area contributed by atoms with Crippen LogP contribution in [0.1, 0.15) is 48.0 Å². The third kappa shape index (κ3) is 8.22. The topological polar surface area (TPSA) is 26.3 Å². The van der Waals surface area contributed by atoms with Gasteiger partial charge in [0.2, 0.25) is 0 Å². The van der Waals surface area contributed by atoms with E-state index in [1.807, 2.05) is 26.8 Å². The standard InChI is InChI=1S/C13H24O2/c1-12(2,3)8-7-9-15-10-11(14)13(4,5)6/h7,9H,8,10H2,1-6H3/b9-7-. The molecule has 0 aliphatic rings. The quantitative estimate of drug-likeness (QED) is 0.666. The lowest BCUT2D eigenvalue weighted by Gasteiger charge is -2.16. The predicted octanol–water partition coefficient (Wildman–Crippen LogP) is 3.57. The zero-order valence-electron chi connectivity index (χ0n) is 10.9. The monoisotopic (exact) mass is 212 g/mol. The van der Waals surface area contributed by atoms with E-state index in [-0.39, 0.29) is 23.2 Å². The highest BCUT2D eigenvalue weighted by Gasteiger charge is 2.20. The van der Waals surface area contributed by atoms with E-state index in [9.17, 15) is 4.79 Å². The molecule has 0 radical (unpaired) electrons. The summed E-state index contributed by atoms with van der Waals surface area (Å²) in [6, 6.07) is 0. The molecule has 0 spiro atoms. The molecule has 0 fully saturated rings. The fraction of sp³-hybridized carbons (Fsp3) is 0.769. The lowest BCUT2D eigenvalue weighted by molar-refractivity contribution is -0.129. The van der Waals surface area contributed by atoms with Crippen molar-refractivity contribution in [1.29, 1.82) is 0 Å². The molecule has 2 heteroatoms. The number of rotatable bonds is 4. The van der Waals surface area contributed by atoms with Gasteiger partial charge in [0.1, 0.15) is 6.61 Å². The SMILES string of the molecule is CC(C)(C)C/C=C\OCC(=O)C(C)(C)C. The van der Waals surface area contributed by atoms with E-state index in [0.29, 0.717) is 0 Å². The van der Waals surface area contributed by atoms with Crippen molar-refractivity contribution in [2.75, 3.05) is 6.61 Å². The van der Waals surface area contributed by atoms with Gasteiger partial charge in [-0.1, -0.05) is 41.5 Å². The van der Waals surface area contributed by atoms with Crippen LogP contribution in [0.5, 0.6) is 0 Å². The average molecular weight is 212 g/mol. The number of allylic oxidation sites excluding steroid dienone is 1. The van der Waals surface area contributed by atoms with Crippen LogP contribution < -0.4 is 0 Å². The Labute approximate surface area is 93.7 Å². The van der Waals surface area contributed by atoms with Crippen LogP contribution in [0, 0.1) is 10.8 Å². The summed E-state index contributed by atoms with van der Waals surface area (Å²) in [5.41, 5.74) is -0.0359. The fourth-order valence-corrected chi connectivity index (χ4v) is 0.810. The molecule has 0 saturated heterocycles. The Morgan fingerprint density at radius 2 is 1.67 bits per heavy atom. The van der Waals surface area contributed by atoms with Crippen molar-refractivity contribution in [3.8, 4) is 0 Å². The summed E-state index contributed by atoms with van der Waals surface area (Å²) >= 11 is 0. The molecule has 0 aliphatic heterocycles. The number of carbonyl (C=O) groups excluding carboxylic acids is 1. The van der Waals surface area contributed by atoms with E-state index in [0.717, 1.165) is 6.42 Å². The molecule has 0 atom stereocenters. The maximum absolute atomic E-state index is 11.5. The highest BCUT2D eigenvalue weighted by molar-refractivity contribution is 5.84. The van der Waals surface area contributed by atoms with Gasteiger partial charge in [0.15, 0.2) is 5.78 Å². The summed E-state index contributed by atoms with van der Waals surface area (Å²) in [5.74, 6) is 0.128. The van der Waals surface area contributed by atoms with Gasteiger partial charge in [0.25, 0.3) is 0 Å². The Morgan fingerprint density at radius 3 is 2.07 bits per heavy atom. The molecule has 88 valence electrons. The molecule has 0 heterocycles. The highest BCUT2D eigenvalue weighted by atomic mass is 16.5. The molecule has 0 aromatic carbocycles. The Hall–Kier alpha value is -0.790. The van der Waals surface area contributed by atoms with Crippen LogP contribution in [0.4, 0.5) is 0 Å². The Morgan fingerprint density at radius 1 is 1.13 bits per heavy atom. The second-order valence-corrected chi connectivity index (χ2v) is 6.12. The minimum Gasteiger partial charge on any atom is -0.494 e. The Kier molecular flexibility index (Phi) is 5.06. The second kappa shape index (κ2) is 5.34. The smallest absolute Gasteiger partial charge is 0.175 e. The Balaban J connectivity index is 3.77.